The van der Waals surface area contributed by atoms with E-state index >= 15 is 0 Å². The van der Waals surface area contributed by atoms with Gasteiger partial charge in [-0.1, -0.05) is 31.5 Å². The maximum atomic E-state index is 12.2. The third kappa shape index (κ3) is 4.88. The molecule has 3 aromatic rings. The molecule has 0 spiro atoms. The molecule has 0 fully saturated rings. The van der Waals surface area contributed by atoms with Crippen LogP contribution in [0.15, 0.2) is 60.8 Å². The van der Waals surface area contributed by atoms with Crippen molar-refractivity contribution in [2.75, 3.05) is 6.61 Å². The number of para-hydroxylation sites is 1. The lowest BCUT2D eigenvalue weighted by atomic mass is 10.2. The van der Waals surface area contributed by atoms with Gasteiger partial charge in [0.1, 0.15) is 12.3 Å². The van der Waals surface area contributed by atoms with E-state index < -0.39 is 0 Å². The molecule has 1 aromatic heterocycles. The summed E-state index contributed by atoms with van der Waals surface area (Å²) in [5, 5.41) is 1.07. The summed E-state index contributed by atoms with van der Waals surface area (Å²) in [5.41, 5.74) is 6.31. The first-order valence-electron chi connectivity index (χ1n) is 9.03. The molecular weight excluding hydrogens is 342 g/mol. The van der Waals surface area contributed by atoms with E-state index in [9.17, 15) is 9.59 Å². The van der Waals surface area contributed by atoms with E-state index in [0.29, 0.717) is 12.2 Å². The number of benzene rings is 2. The van der Waals surface area contributed by atoms with Crippen molar-refractivity contribution in [1.29, 1.82) is 0 Å². The molecule has 2 aromatic carbocycles. The fourth-order valence-corrected chi connectivity index (χ4v) is 2.71. The SMILES string of the molecule is CCCCOc1ccc(C(=O)NNC(=O)Cn2ccc3ccccc32)cc1. The number of amides is 2. The first-order valence-corrected chi connectivity index (χ1v) is 9.03. The number of carbonyl (C=O) groups is 2. The molecular formula is C21H23N3O3. The van der Waals surface area contributed by atoms with E-state index in [4.69, 9.17) is 4.74 Å². The molecule has 0 unspecified atom stereocenters. The fourth-order valence-electron chi connectivity index (χ4n) is 2.71. The highest BCUT2D eigenvalue weighted by Crippen LogP contribution is 2.15. The number of unbranched alkanes of at least 4 members (excludes halogenated alkanes) is 1. The predicted molar refractivity (Wildman–Crippen MR) is 104 cm³/mol. The second-order valence-corrected chi connectivity index (χ2v) is 6.23. The number of rotatable bonds is 7. The van der Waals surface area contributed by atoms with E-state index in [2.05, 4.69) is 17.8 Å². The van der Waals surface area contributed by atoms with E-state index in [0.717, 1.165) is 29.5 Å². The van der Waals surface area contributed by atoms with Gasteiger partial charge in [-0.15, -0.1) is 0 Å². The van der Waals surface area contributed by atoms with Crippen LogP contribution in [0.5, 0.6) is 5.75 Å². The number of nitrogens with zero attached hydrogens (tertiary/aromatic N) is 1. The molecule has 0 aliphatic rings. The second kappa shape index (κ2) is 8.89. The Kier molecular flexibility index (Phi) is 6.10. The zero-order valence-corrected chi connectivity index (χ0v) is 15.3. The molecule has 0 saturated carbocycles. The molecule has 140 valence electrons. The van der Waals surface area contributed by atoms with Crippen molar-refractivity contribution in [1.82, 2.24) is 15.4 Å². The molecule has 0 aliphatic heterocycles. The maximum Gasteiger partial charge on any atom is 0.269 e. The minimum atomic E-state index is -0.374. The second-order valence-electron chi connectivity index (χ2n) is 6.23. The number of nitrogens with one attached hydrogen (secondary N) is 2. The normalized spacial score (nSPS) is 10.6. The molecule has 2 amide bonds. The van der Waals surface area contributed by atoms with Crippen molar-refractivity contribution >= 4 is 22.7 Å². The van der Waals surface area contributed by atoms with E-state index in [1.807, 2.05) is 41.1 Å². The van der Waals surface area contributed by atoms with Crippen molar-refractivity contribution in [2.45, 2.75) is 26.3 Å². The highest BCUT2D eigenvalue weighted by atomic mass is 16.5. The molecule has 27 heavy (non-hydrogen) atoms. The van der Waals surface area contributed by atoms with Gasteiger partial charge >= 0.3 is 0 Å². The summed E-state index contributed by atoms with van der Waals surface area (Å²) in [5.74, 6) is 0.0496. The van der Waals surface area contributed by atoms with Crippen molar-refractivity contribution < 1.29 is 14.3 Å². The lowest BCUT2D eigenvalue weighted by molar-refractivity contribution is -0.122. The Morgan fingerprint density at radius 2 is 1.78 bits per heavy atom. The molecule has 0 radical (unpaired) electrons. The van der Waals surface area contributed by atoms with E-state index in [1.54, 1.807) is 24.3 Å². The van der Waals surface area contributed by atoms with Crippen LogP contribution in [0.3, 0.4) is 0 Å². The van der Waals surface area contributed by atoms with Gasteiger partial charge in [-0.25, -0.2) is 0 Å². The molecule has 3 rings (SSSR count). The van der Waals surface area contributed by atoms with Gasteiger partial charge in [0.15, 0.2) is 0 Å². The van der Waals surface area contributed by atoms with Crippen molar-refractivity contribution in [2.24, 2.45) is 0 Å². The number of fused-ring (bicyclic) bond motifs is 1. The van der Waals surface area contributed by atoms with Crippen LogP contribution < -0.4 is 15.6 Å². The molecule has 1 heterocycles. The Balaban J connectivity index is 1.50. The van der Waals surface area contributed by atoms with Crippen LogP contribution >= 0.6 is 0 Å². The molecule has 6 heteroatoms. The average molecular weight is 365 g/mol. The number of carbonyl (C=O) groups excluding carboxylic acids is 2. The van der Waals surface area contributed by atoms with Gasteiger partial charge < -0.3 is 9.30 Å². The summed E-state index contributed by atoms with van der Waals surface area (Å²) in [6.45, 7) is 2.88. The Morgan fingerprint density at radius 1 is 1.00 bits per heavy atom. The van der Waals surface area contributed by atoms with Crippen LogP contribution in [0.25, 0.3) is 10.9 Å². The quantitative estimate of drug-likeness (QED) is 0.498. The average Bonchev–Trinajstić information content (AvgIpc) is 3.10. The van der Waals surface area contributed by atoms with Crippen LogP contribution in [-0.2, 0) is 11.3 Å². The molecule has 2 N–H and O–H groups in total. The third-order valence-electron chi connectivity index (χ3n) is 4.19. The zero-order chi connectivity index (χ0) is 19.1. The molecule has 6 nitrogen and oxygen atoms in total. The lowest BCUT2D eigenvalue weighted by Crippen LogP contribution is -2.43. The van der Waals surface area contributed by atoms with Crippen molar-refractivity contribution in [3.63, 3.8) is 0 Å². The van der Waals surface area contributed by atoms with Gasteiger partial charge in [0.05, 0.1) is 6.61 Å². The number of hydrogen-bond donors (Lipinski definition) is 2. The van der Waals surface area contributed by atoms with Gasteiger partial charge in [-0.05, 0) is 48.2 Å². The van der Waals surface area contributed by atoms with Gasteiger partial charge in [-0.3, -0.25) is 20.4 Å². The van der Waals surface area contributed by atoms with Crippen molar-refractivity contribution in [3.8, 4) is 5.75 Å². The molecule has 0 saturated heterocycles. The first-order chi connectivity index (χ1) is 13.2. The van der Waals surface area contributed by atoms with Gasteiger partial charge in [0, 0.05) is 17.3 Å². The molecule has 0 aliphatic carbocycles. The van der Waals surface area contributed by atoms with Crippen LogP contribution in [0.1, 0.15) is 30.1 Å². The van der Waals surface area contributed by atoms with Crippen LogP contribution in [-0.4, -0.2) is 23.0 Å². The van der Waals surface area contributed by atoms with Crippen LogP contribution in [0.2, 0.25) is 0 Å². The maximum absolute atomic E-state index is 12.2. The fraction of sp³-hybridized carbons (Fsp3) is 0.238. The Morgan fingerprint density at radius 3 is 2.56 bits per heavy atom. The monoisotopic (exact) mass is 365 g/mol. The minimum absolute atomic E-state index is 0.123. The van der Waals surface area contributed by atoms with Crippen LogP contribution in [0, 0.1) is 0 Å². The third-order valence-corrected chi connectivity index (χ3v) is 4.19. The number of hydrazine groups is 1. The predicted octanol–water partition coefficient (Wildman–Crippen LogP) is 3.28. The van der Waals surface area contributed by atoms with Gasteiger partial charge in [-0.2, -0.15) is 0 Å². The number of ether oxygens (including phenoxy) is 1. The summed E-state index contributed by atoms with van der Waals surface area (Å²) in [7, 11) is 0. The van der Waals surface area contributed by atoms with Crippen LogP contribution in [0.4, 0.5) is 0 Å². The molecule has 0 atom stereocenters. The molecule has 0 bridgehead atoms. The zero-order valence-electron chi connectivity index (χ0n) is 15.3. The highest BCUT2D eigenvalue weighted by Gasteiger charge is 2.09. The van der Waals surface area contributed by atoms with E-state index in [1.165, 1.54) is 0 Å². The Labute approximate surface area is 158 Å². The summed E-state index contributed by atoms with van der Waals surface area (Å²) < 4.78 is 7.40. The Bertz CT molecular complexity index is 916. The summed E-state index contributed by atoms with van der Waals surface area (Å²) in [6.07, 6.45) is 3.91. The standard InChI is InChI=1S/C21H23N3O3/c1-2-3-14-27-18-10-8-17(9-11-18)21(26)23-22-20(25)15-24-13-12-16-6-4-5-7-19(16)24/h4-13H,2-3,14-15H2,1H3,(H,22,25)(H,23,26). The summed E-state index contributed by atoms with van der Waals surface area (Å²) >= 11 is 0. The minimum Gasteiger partial charge on any atom is -0.494 e. The van der Waals surface area contributed by atoms with Crippen molar-refractivity contribution in [3.05, 3.63) is 66.4 Å². The van der Waals surface area contributed by atoms with Gasteiger partial charge in [0.2, 0.25) is 0 Å². The lowest BCUT2D eigenvalue weighted by Gasteiger charge is -2.10. The smallest absolute Gasteiger partial charge is 0.269 e. The highest BCUT2D eigenvalue weighted by molar-refractivity contribution is 5.95. The summed E-state index contributed by atoms with van der Waals surface area (Å²) in [6, 6.07) is 16.6. The Hall–Kier alpha value is -3.28. The largest absolute Gasteiger partial charge is 0.494 e. The van der Waals surface area contributed by atoms with Gasteiger partial charge in [0.25, 0.3) is 11.8 Å². The topological polar surface area (TPSA) is 72.4 Å². The number of aromatic nitrogens is 1. The van der Waals surface area contributed by atoms with E-state index in [-0.39, 0.29) is 18.4 Å². The first kappa shape index (κ1) is 18.5. The number of hydrogen-bond acceptors (Lipinski definition) is 3. The summed E-state index contributed by atoms with van der Waals surface area (Å²) in [4.78, 5) is 24.3.